The van der Waals surface area contributed by atoms with Gasteiger partial charge in [-0.2, -0.15) is 0 Å². The van der Waals surface area contributed by atoms with Crippen molar-refractivity contribution in [2.75, 3.05) is 59.3 Å². The molecule has 146 valence electrons. The van der Waals surface area contributed by atoms with Gasteiger partial charge in [0.25, 0.3) is 0 Å². The molecule has 0 spiro atoms. The third-order valence-electron chi connectivity index (χ3n) is 5.05. The number of hydrogen-bond donors (Lipinski definition) is 0. The van der Waals surface area contributed by atoms with E-state index in [2.05, 4.69) is 4.90 Å². The lowest BCUT2D eigenvalue weighted by atomic mass is 10.2. The molecule has 0 aromatic carbocycles. The van der Waals surface area contributed by atoms with Gasteiger partial charge in [0.1, 0.15) is 12.2 Å². The molecule has 3 heterocycles. The highest BCUT2D eigenvalue weighted by atomic mass is 16.7. The molecule has 3 saturated heterocycles. The average molecular weight is 357 g/mol. The van der Waals surface area contributed by atoms with Crippen LogP contribution >= 0.6 is 0 Å². The maximum Gasteiger partial charge on any atom is 0.158 e. The average Bonchev–Trinajstić information content (AvgIpc) is 3.47. The Bertz CT molecular complexity index is 339. The molecule has 0 aromatic rings. The van der Waals surface area contributed by atoms with Gasteiger partial charge in [-0.1, -0.05) is 12.8 Å². The van der Waals surface area contributed by atoms with Gasteiger partial charge in [-0.3, -0.25) is 0 Å². The molecule has 6 nitrogen and oxygen atoms in total. The van der Waals surface area contributed by atoms with Crippen molar-refractivity contribution in [3.05, 3.63) is 0 Å². The summed E-state index contributed by atoms with van der Waals surface area (Å²) in [4.78, 5) is 2.52. The van der Waals surface area contributed by atoms with Crippen molar-refractivity contribution < 1.29 is 23.7 Å². The lowest BCUT2D eigenvalue weighted by Gasteiger charge is -2.28. The van der Waals surface area contributed by atoms with Gasteiger partial charge in [0.05, 0.1) is 33.0 Å². The van der Waals surface area contributed by atoms with Crippen molar-refractivity contribution in [1.29, 1.82) is 0 Å². The fraction of sp³-hybridized carbons (Fsp3) is 1.00. The maximum absolute atomic E-state index is 6.08. The lowest BCUT2D eigenvalue weighted by molar-refractivity contribution is -0.208. The zero-order chi connectivity index (χ0) is 17.2. The summed E-state index contributed by atoms with van der Waals surface area (Å²) >= 11 is 0. The minimum atomic E-state index is -0.103. The first-order valence-electron chi connectivity index (χ1n) is 10.2. The van der Waals surface area contributed by atoms with E-state index < -0.39 is 0 Å². The van der Waals surface area contributed by atoms with Crippen LogP contribution in [0.2, 0.25) is 0 Å². The normalized spacial score (nSPS) is 29.3. The molecule has 0 saturated carbocycles. The second-order valence-corrected chi connectivity index (χ2v) is 7.38. The molecule has 0 radical (unpaired) electrons. The zero-order valence-corrected chi connectivity index (χ0v) is 15.5. The first-order valence-corrected chi connectivity index (χ1v) is 10.2. The van der Waals surface area contributed by atoms with Crippen molar-refractivity contribution in [3.63, 3.8) is 0 Å². The van der Waals surface area contributed by atoms with E-state index in [0.717, 1.165) is 39.2 Å². The lowest BCUT2D eigenvalue weighted by Crippen LogP contribution is -2.35. The summed E-state index contributed by atoms with van der Waals surface area (Å²) in [6.45, 7) is 7.59. The number of epoxide rings is 1. The fourth-order valence-electron chi connectivity index (χ4n) is 3.42. The minimum absolute atomic E-state index is 0.0639. The van der Waals surface area contributed by atoms with Crippen molar-refractivity contribution in [2.24, 2.45) is 0 Å². The van der Waals surface area contributed by atoms with Crippen LogP contribution < -0.4 is 0 Å². The SMILES string of the molecule is C1CCCN(CCOCC(COCC2CO2)OC2CCCCO2)CC1. The van der Waals surface area contributed by atoms with E-state index in [1.807, 2.05) is 0 Å². The van der Waals surface area contributed by atoms with E-state index in [1.54, 1.807) is 0 Å². The highest BCUT2D eigenvalue weighted by molar-refractivity contribution is 4.69. The van der Waals surface area contributed by atoms with E-state index in [9.17, 15) is 0 Å². The number of nitrogens with zero attached hydrogens (tertiary/aromatic N) is 1. The first kappa shape index (κ1) is 19.5. The quantitative estimate of drug-likeness (QED) is 0.417. The number of rotatable bonds is 11. The highest BCUT2D eigenvalue weighted by Crippen LogP contribution is 2.16. The molecule has 0 aliphatic carbocycles. The Labute approximate surface area is 152 Å². The highest BCUT2D eigenvalue weighted by Gasteiger charge is 2.25. The van der Waals surface area contributed by atoms with Crippen LogP contribution in [0, 0.1) is 0 Å². The van der Waals surface area contributed by atoms with Crippen molar-refractivity contribution >= 4 is 0 Å². The molecule has 3 unspecified atom stereocenters. The molecule has 0 bridgehead atoms. The van der Waals surface area contributed by atoms with Crippen LogP contribution in [0.3, 0.4) is 0 Å². The van der Waals surface area contributed by atoms with Crippen LogP contribution in [-0.4, -0.2) is 82.7 Å². The van der Waals surface area contributed by atoms with Gasteiger partial charge in [0.15, 0.2) is 6.29 Å². The summed E-state index contributed by atoms with van der Waals surface area (Å²) in [6.07, 6.45) is 8.78. The van der Waals surface area contributed by atoms with E-state index in [0.29, 0.717) is 19.8 Å². The van der Waals surface area contributed by atoms with Crippen LogP contribution in [0.4, 0.5) is 0 Å². The summed E-state index contributed by atoms with van der Waals surface area (Å²) in [5, 5.41) is 0. The summed E-state index contributed by atoms with van der Waals surface area (Å²) < 4.78 is 28.6. The second kappa shape index (κ2) is 11.5. The molecular formula is C19H35NO5. The Kier molecular flexibility index (Phi) is 8.95. The van der Waals surface area contributed by atoms with Gasteiger partial charge >= 0.3 is 0 Å². The molecule has 3 fully saturated rings. The molecular weight excluding hydrogens is 322 g/mol. The number of ether oxygens (including phenoxy) is 5. The van der Waals surface area contributed by atoms with E-state index in [-0.39, 0.29) is 18.5 Å². The molecule has 3 aliphatic heterocycles. The molecule has 3 rings (SSSR count). The van der Waals surface area contributed by atoms with Gasteiger partial charge in [0, 0.05) is 13.2 Å². The van der Waals surface area contributed by atoms with Crippen LogP contribution in [0.1, 0.15) is 44.9 Å². The summed E-state index contributed by atoms with van der Waals surface area (Å²) in [5.74, 6) is 0. The third kappa shape index (κ3) is 8.33. The molecule has 0 amide bonds. The molecule has 0 N–H and O–H groups in total. The largest absolute Gasteiger partial charge is 0.377 e. The molecule has 0 aromatic heterocycles. The Morgan fingerprint density at radius 3 is 2.44 bits per heavy atom. The van der Waals surface area contributed by atoms with Crippen LogP contribution in [-0.2, 0) is 23.7 Å². The number of hydrogen-bond acceptors (Lipinski definition) is 6. The molecule has 3 aliphatic rings. The van der Waals surface area contributed by atoms with Gasteiger partial charge < -0.3 is 28.6 Å². The summed E-state index contributed by atoms with van der Waals surface area (Å²) in [7, 11) is 0. The van der Waals surface area contributed by atoms with Gasteiger partial charge in [-0.05, 0) is 45.2 Å². The van der Waals surface area contributed by atoms with Crippen LogP contribution in [0.15, 0.2) is 0 Å². The number of likely N-dealkylation sites (tertiary alicyclic amines) is 1. The summed E-state index contributed by atoms with van der Waals surface area (Å²) in [5.41, 5.74) is 0. The minimum Gasteiger partial charge on any atom is -0.377 e. The smallest absolute Gasteiger partial charge is 0.158 e. The van der Waals surface area contributed by atoms with Gasteiger partial charge in [-0.15, -0.1) is 0 Å². The Balaban J connectivity index is 1.31. The second-order valence-electron chi connectivity index (χ2n) is 7.38. The summed E-state index contributed by atoms with van der Waals surface area (Å²) in [6, 6.07) is 0. The van der Waals surface area contributed by atoms with Crippen molar-refractivity contribution in [1.82, 2.24) is 4.90 Å². The third-order valence-corrected chi connectivity index (χ3v) is 5.05. The van der Waals surface area contributed by atoms with Crippen LogP contribution in [0.5, 0.6) is 0 Å². The molecule has 3 atom stereocenters. The van der Waals surface area contributed by atoms with Gasteiger partial charge in [0.2, 0.25) is 0 Å². The van der Waals surface area contributed by atoms with E-state index in [4.69, 9.17) is 23.7 Å². The monoisotopic (exact) mass is 357 g/mol. The van der Waals surface area contributed by atoms with Crippen molar-refractivity contribution in [3.8, 4) is 0 Å². The molecule has 6 heteroatoms. The standard InChI is InChI=1S/C19H35NO5/c1-2-5-9-20(8-4-1)10-12-21-14-18(15-22-13-17-16-24-17)25-19-7-3-6-11-23-19/h17-19H,1-16H2. The Morgan fingerprint density at radius 1 is 0.920 bits per heavy atom. The topological polar surface area (TPSA) is 52.7 Å². The van der Waals surface area contributed by atoms with E-state index in [1.165, 1.54) is 45.2 Å². The van der Waals surface area contributed by atoms with E-state index >= 15 is 0 Å². The Hall–Kier alpha value is -0.240. The predicted octanol–water partition coefficient (Wildman–Crippen LogP) is 2.21. The predicted molar refractivity (Wildman–Crippen MR) is 94.8 cm³/mol. The van der Waals surface area contributed by atoms with Gasteiger partial charge in [-0.25, -0.2) is 0 Å². The molecule has 25 heavy (non-hydrogen) atoms. The first-order chi connectivity index (χ1) is 12.4. The Morgan fingerprint density at radius 2 is 1.72 bits per heavy atom. The zero-order valence-electron chi connectivity index (χ0n) is 15.5. The van der Waals surface area contributed by atoms with Crippen LogP contribution in [0.25, 0.3) is 0 Å². The fourth-order valence-corrected chi connectivity index (χ4v) is 3.42. The maximum atomic E-state index is 6.08. The van der Waals surface area contributed by atoms with Crippen molar-refractivity contribution in [2.45, 2.75) is 63.4 Å².